The summed E-state index contributed by atoms with van der Waals surface area (Å²) < 4.78 is 1.78. The zero-order chi connectivity index (χ0) is 15.1. The van der Waals surface area contributed by atoms with Crippen molar-refractivity contribution in [3.05, 3.63) is 17.5 Å². The number of carboxylic acids is 1. The Balaban J connectivity index is 1.83. The standard InChI is InChI=1S/C15H21N3O3/c1-9-5-11(15(20)21)8-18(7-9)14(19)12-6-16-17(2)13(12)10-3-4-10/h6,9-11H,3-5,7-8H2,1-2H3,(H,20,21). The Morgan fingerprint density at radius 3 is 2.67 bits per heavy atom. The molecule has 1 saturated carbocycles. The molecule has 6 nitrogen and oxygen atoms in total. The van der Waals surface area contributed by atoms with Gasteiger partial charge in [-0.3, -0.25) is 14.3 Å². The van der Waals surface area contributed by atoms with Crippen molar-refractivity contribution < 1.29 is 14.7 Å². The first-order valence-electron chi connectivity index (χ1n) is 7.51. The second-order valence-electron chi connectivity index (χ2n) is 6.43. The number of carboxylic acid groups (broad SMARTS) is 1. The molecular formula is C15H21N3O3. The predicted molar refractivity (Wildman–Crippen MR) is 76.0 cm³/mol. The Labute approximate surface area is 123 Å². The van der Waals surface area contributed by atoms with Crippen molar-refractivity contribution in [3.8, 4) is 0 Å². The lowest BCUT2D eigenvalue weighted by Gasteiger charge is -2.34. The molecule has 21 heavy (non-hydrogen) atoms. The van der Waals surface area contributed by atoms with Gasteiger partial charge in [-0.15, -0.1) is 0 Å². The van der Waals surface area contributed by atoms with Gasteiger partial charge in [0.2, 0.25) is 0 Å². The molecule has 114 valence electrons. The number of likely N-dealkylation sites (tertiary alicyclic amines) is 1. The highest BCUT2D eigenvalue weighted by Gasteiger charge is 2.36. The van der Waals surface area contributed by atoms with Crippen LogP contribution in [-0.4, -0.2) is 44.8 Å². The van der Waals surface area contributed by atoms with Crippen molar-refractivity contribution in [1.82, 2.24) is 14.7 Å². The second kappa shape index (κ2) is 5.16. The number of carbonyl (C=O) groups excluding carboxylic acids is 1. The summed E-state index contributed by atoms with van der Waals surface area (Å²) in [4.78, 5) is 25.7. The molecule has 0 aromatic carbocycles. The van der Waals surface area contributed by atoms with Gasteiger partial charge in [-0.2, -0.15) is 5.10 Å². The third kappa shape index (κ3) is 2.66. The Kier molecular flexibility index (Phi) is 3.47. The molecule has 1 saturated heterocycles. The third-order valence-electron chi connectivity index (χ3n) is 4.48. The lowest BCUT2D eigenvalue weighted by Crippen LogP contribution is -2.45. The molecule has 2 heterocycles. The quantitative estimate of drug-likeness (QED) is 0.915. The monoisotopic (exact) mass is 291 g/mol. The van der Waals surface area contributed by atoms with Gasteiger partial charge in [-0.1, -0.05) is 6.92 Å². The molecule has 0 spiro atoms. The smallest absolute Gasteiger partial charge is 0.308 e. The number of amides is 1. The Bertz CT molecular complexity index is 577. The molecule has 1 aromatic heterocycles. The van der Waals surface area contributed by atoms with E-state index in [4.69, 9.17) is 0 Å². The zero-order valence-electron chi connectivity index (χ0n) is 12.5. The van der Waals surface area contributed by atoms with Crippen molar-refractivity contribution >= 4 is 11.9 Å². The number of hydrogen-bond donors (Lipinski definition) is 1. The van der Waals surface area contributed by atoms with Crippen LogP contribution in [0.5, 0.6) is 0 Å². The molecule has 1 aromatic rings. The van der Waals surface area contributed by atoms with Crippen molar-refractivity contribution in [2.75, 3.05) is 13.1 Å². The molecule has 0 bridgehead atoms. The maximum atomic E-state index is 12.8. The molecule has 1 aliphatic heterocycles. The van der Waals surface area contributed by atoms with Gasteiger partial charge in [-0.05, 0) is 25.2 Å². The summed E-state index contributed by atoms with van der Waals surface area (Å²) in [6.45, 7) is 2.93. The van der Waals surface area contributed by atoms with Crippen LogP contribution in [0.1, 0.15) is 48.2 Å². The van der Waals surface area contributed by atoms with Gasteiger partial charge in [0.1, 0.15) is 0 Å². The number of hydrogen-bond acceptors (Lipinski definition) is 3. The van der Waals surface area contributed by atoms with Crippen LogP contribution in [0.25, 0.3) is 0 Å². The Morgan fingerprint density at radius 2 is 2.05 bits per heavy atom. The average molecular weight is 291 g/mol. The van der Waals surface area contributed by atoms with Crippen LogP contribution >= 0.6 is 0 Å². The van der Waals surface area contributed by atoms with E-state index in [9.17, 15) is 14.7 Å². The molecule has 2 aliphatic rings. The summed E-state index contributed by atoms with van der Waals surface area (Å²) in [7, 11) is 1.86. The summed E-state index contributed by atoms with van der Waals surface area (Å²) in [5, 5.41) is 13.4. The number of aliphatic carboxylic acids is 1. The number of aryl methyl sites for hydroxylation is 1. The maximum absolute atomic E-state index is 12.8. The summed E-state index contributed by atoms with van der Waals surface area (Å²) in [6, 6.07) is 0. The topological polar surface area (TPSA) is 75.4 Å². The zero-order valence-corrected chi connectivity index (χ0v) is 12.5. The highest BCUT2D eigenvalue weighted by molar-refractivity contribution is 5.95. The van der Waals surface area contributed by atoms with Gasteiger partial charge in [0.05, 0.1) is 23.4 Å². The normalized spacial score (nSPS) is 25.9. The minimum absolute atomic E-state index is 0.0669. The van der Waals surface area contributed by atoms with Gasteiger partial charge in [0, 0.05) is 26.1 Å². The molecular weight excluding hydrogens is 270 g/mol. The molecule has 2 fully saturated rings. The first-order valence-corrected chi connectivity index (χ1v) is 7.51. The minimum atomic E-state index is -0.812. The molecule has 6 heteroatoms. The SMILES string of the molecule is CC1CC(C(=O)O)CN(C(=O)c2cnn(C)c2C2CC2)C1. The number of rotatable bonds is 3. The largest absolute Gasteiger partial charge is 0.481 e. The van der Waals surface area contributed by atoms with Crippen molar-refractivity contribution in [1.29, 1.82) is 0 Å². The lowest BCUT2D eigenvalue weighted by atomic mass is 9.90. The van der Waals surface area contributed by atoms with E-state index in [1.54, 1.807) is 15.8 Å². The van der Waals surface area contributed by atoms with Gasteiger partial charge in [0.25, 0.3) is 5.91 Å². The first-order chi connectivity index (χ1) is 9.97. The highest BCUT2D eigenvalue weighted by Crippen LogP contribution is 2.41. The van der Waals surface area contributed by atoms with E-state index >= 15 is 0 Å². The van der Waals surface area contributed by atoms with Crippen LogP contribution in [-0.2, 0) is 11.8 Å². The summed E-state index contributed by atoms with van der Waals surface area (Å²) in [5.74, 6) is -0.687. The Hall–Kier alpha value is -1.85. The van der Waals surface area contributed by atoms with Crippen LogP contribution < -0.4 is 0 Å². The summed E-state index contributed by atoms with van der Waals surface area (Å²) >= 11 is 0. The number of carbonyl (C=O) groups is 2. The van der Waals surface area contributed by atoms with Crippen LogP contribution in [0.2, 0.25) is 0 Å². The van der Waals surface area contributed by atoms with Gasteiger partial charge < -0.3 is 10.0 Å². The maximum Gasteiger partial charge on any atom is 0.308 e. The minimum Gasteiger partial charge on any atom is -0.481 e. The van der Waals surface area contributed by atoms with E-state index < -0.39 is 11.9 Å². The van der Waals surface area contributed by atoms with Crippen molar-refractivity contribution in [2.45, 2.75) is 32.1 Å². The van der Waals surface area contributed by atoms with Gasteiger partial charge >= 0.3 is 5.97 Å². The fourth-order valence-electron chi connectivity index (χ4n) is 3.32. The molecule has 2 atom stereocenters. The van der Waals surface area contributed by atoms with E-state index in [-0.39, 0.29) is 11.8 Å². The van der Waals surface area contributed by atoms with Crippen molar-refractivity contribution in [3.63, 3.8) is 0 Å². The number of piperidine rings is 1. The molecule has 0 radical (unpaired) electrons. The first kappa shape index (κ1) is 14.1. The highest BCUT2D eigenvalue weighted by atomic mass is 16.4. The van der Waals surface area contributed by atoms with E-state index in [0.29, 0.717) is 31.0 Å². The van der Waals surface area contributed by atoms with E-state index in [0.717, 1.165) is 18.5 Å². The third-order valence-corrected chi connectivity index (χ3v) is 4.48. The molecule has 2 unspecified atom stereocenters. The molecule has 1 N–H and O–H groups in total. The fraction of sp³-hybridized carbons (Fsp3) is 0.667. The lowest BCUT2D eigenvalue weighted by molar-refractivity contribution is -0.143. The fourth-order valence-corrected chi connectivity index (χ4v) is 3.32. The molecule has 3 rings (SSSR count). The van der Waals surface area contributed by atoms with Gasteiger partial charge in [-0.25, -0.2) is 0 Å². The van der Waals surface area contributed by atoms with Crippen LogP contribution in [0.4, 0.5) is 0 Å². The summed E-state index contributed by atoms with van der Waals surface area (Å²) in [5.41, 5.74) is 1.66. The van der Waals surface area contributed by atoms with Crippen LogP contribution in [0, 0.1) is 11.8 Å². The van der Waals surface area contributed by atoms with E-state index in [2.05, 4.69) is 5.10 Å². The molecule has 1 aliphatic carbocycles. The number of aromatic nitrogens is 2. The van der Waals surface area contributed by atoms with Crippen molar-refractivity contribution in [2.24, 2.45) is 18.9 Å². The van der Waals surface area contributed by atoms with Crippen LogP contribution in [0.3, 0.4) is 0 Å². The number of nitrogens with zero attached hydrogens (tertiary/aromatic N) is 3. The van der Waals surface area contributed by atoms with E-state index in [1.165, 1.54) is 0 Å². The Morgan fingerprint density at radius 1 is 1.33 bits per heavy atom. The van der Waals surface area contributed by atoms with Gasteiger partial charge in [0.15, 0.2) is 0 Å². The van der Waals surface area contributed by atoms with E-state index in [1.807, 2.05) is 14.0 Å². The van der Waals surface area contributed by atoms with Crippen LogP contribution in [0.15, 0.2) is 6.20 Å². The average Bonchev–Trinajstić information content (AvgIpc) is 3.20. The summed E-state index contributed by atoms with van der Waals surface area (Å²) in [6.07, 6.45) is 4.48. The second-order valence-corrected chi connectivity index (χ2v) is 6.43. The molecule has 1 amide bonds. The predicted octanol–water partition coefficient (Wildman–Crippen LogP) is 1.48.